The zero-order valence-corrected chi connectivity index (χ0v) is 13.4. The summed E-state index contributed by atoms with van der Waals surface area (Å²) in [6, 6.07) is 14.0. The first-order valence-electron chi connectivity index (χ1n) is 8.33. The third kappa shape index (κ3) is 2.87. The third-order valence-electron chi connectivity index (χ3n) is 4.73. The van der Waals surface area contributed by atoms with E-state index in [9.17, 15) is 4.79 Å². The van der Waals surface area contributed by atoms with Gasteiger partial charge in [-0.15, -0.1) is 0 Å². The molecule has 2 aromatic heterocycles. The second-order valence-corrected chi connectivity index (χ2v) is 6.34. The number of pyridine rings is 2. The summed E-state index contributed by atoms with van der Waals surface area (Å²) < 4.78 is 0. The zero-order chi connectivity index (χ0) is 16.4. The molecule has 1 fully saturated rings. The van der Waals surface area contributed by atoms with Crippen LogP contribution in [-0.4, -0.2) is 33.9 Å². The van der Waals surface area contributed by atoms with Gasteiger partial charge in [-0.3, -0.25) is 14.8 Å². The zero-order valence-electron chi connectivity index (χ0n) is 13.4. The molecule has 0 unspecified atom stereocenters. The molecule has 4 rings (SSSR count). The van der Waals surface area contributed by atoms with Crippen molar-refractivity contribution < 1.29 is 4.79 Å². The highest BCUT2D eigenvalue weighted by molar-refractivity contribution is 5.94. The molecular weight excluding hydrogens is 298 g/mol. The Hall–Kier alpha value is -2.75. The molecule has 1 aliphatic heterocycles. The highest BCUT2D eigenvalue weighted by Gasteiger charge is 2.27. The van der Waals surface area contributed by atoms with Crippen molar-refractivity contribution in [2.45, 2.75) is 12.8 Å². The number of amides is 1. The Balaban J connectivity index is 1.48. The molecule has 1 amide bonds. The van der Waals surface area contributed by atoms with Crippen molar-refractivity contribution in [3.05, 3.63) is 72.2 Å². The predicted octanol–water partition coefficient (Wildman–Crippen LogP) is 3.33. The van der Waals surface area contributed by atoms with E-state index < -0.39 is 0 Å². The fourth-order valence-corrected chi connectivity index (χ4v) is 3.50. The summed E-state index contributed by atoms with van der Waals surface area (Å²) in [6.07, 6.45) is 7.19. The lowest BCUT2D eigenvalue weighted by Crippen LogP contribution is -2.28. The van der Waals surface area contributed by atoms with Crippen LogP contribution in [0.3, 0.4) is 0 Å². The van der Waals surface area contributed by atoms with E-state index in [2.05, 4.69) is 34.2 Å². The molecule has 3 aromatic rings. The molecule has 120 valence electrons. The largest absolute Gasteiger partial charge is 0.338 e. The Morgan fingerprint density at radius 2 is 1.92 bits per heavy atom. The summed E-state index contributed by atoms with van der Waals surface area (Å²) in [5.74, 6) is 0.597. The van der Waals surface area contributed by atoms with Crippen molar-refractivity contribution in [1.82, 2.24) is 14.9 Å². The van der Waals surface area contributed by atoms with Crippen LogP contribution in [0.1, 0.15) is 22.3 Å². The van der Waals surface area contributed by atoms with Crippen LogP contribution in [-0.2, 0) is 6.42 Å². The molecule has 0 spiro atoms. The van der Waals surface area contributed by atoms with E-state index in [1.165, 1.54) is 10.9 Å². The number of hydrogen-bond acceptors (Lipinski definition) is 3. The SMILES string of the molecule is O=C(c1ccncc1)N1CC[C@H](Cc2cccc3cccnc23)C1. The molecule has 1 saturated heterocycles. The topological polar surface area (TPSA) is 46.1 Å². The number of carbonyl (C=O) groups is 1. The van der Waals surface area contributed by atoms with Gasteiger partial charge in [0.05, 0.1) is 5.52 Å². The van der Waals surface area contributed by atoms with Crippen LogP contribution in [0.15, 0.2) is 61.1 Å². The Morgan fingerprint density at radius 3 is 2.79 bits per heavy atom. The van der Waals surface area contributed by atoms with Gasteiger partial charge in [0.25, 0.3) is 5.91 Å². The Labute approximate surface area is 141 Å². The molecule has 0 saturated carbocycles. The van der Waals surface area contributed by atoms with E-state index in [1.807, 2.05) is 17.2 Å². The van der Waals surface area contributed by atoms with Gasteiger partial charge in [-0.05, 0) is 42.5 Å². The number of hydrogen-bond donors (Lipinski definition) is 0. The average molecular weight is 317 g/mol. The maximum absolute atomic E-state index is 12.5. The summed E-state index contributed by atoms with van der Waals surface area (Å²) in [5, 5.41) is 1.18. The minimum absolute atomic E-state index is 0.107. The first kappa shape index (κ1) is 14.8. The minimum atomic E-state index is 0.107. The normalized spacial score (nSPS) is 17.3. The van der Waals surface area contributed by atoms with Crippen LogP contribution < -0.4 is 0 Å². The van der Waals surface area contributed by atoms with E-state index >= 15 is 0 Å². The van der Waals surface area contributed by atoms with Gasteiger partial charge in [-0.2, -0.15) is 0 Å². The number of likely N-dealkylation sites (tertiary alicyclic amines) is 1. The molecular formula is C20H19N3O. The number of nitrogens with zero attached hydrogens (tertiary/aromatic N) is 3. The molecule has 0 radical (unpaired) electrons. The lowest BCUT2D eigenvalue weighted by molar-refractivity contribution is 0.0787. The molecule has 1 aliphatic rings. The molecule has 4 nitrogen and oxygen atoms in total. The lowest BCUT2D eigenvalue weighted by atomic mass is 9.96. The Bertz CT molecular complexity index is 858. The molecule has 1 atom stereocenters. The molecule has 0 N–H and O–H groups in total. The van der Waals surface area contributed by atoms with Gasteiger partial charge in [-0.25, -0.2) is 0 Å². The van der Waals surface area contributed by atoms with Gasteiger partial charge < -0.3 is 4.90 Å². The van der Waals surface area contributed by atoms with E-state index in [0.29, 0.717) is 5.92 Å². The quantitative estimate of drug-likeness (QED) is 0.744. The van der Waals surface area contributed by atoms with E-state index in [-0.39, 0.29) is 5.91 Å². The summed E-state index contributed by atoms with van der Waals surface area (Å²) in [4.78, 5) is 23.0. The maximum Gasteiger partial charge on any atom is 0.253 e. The summed E-state index contributed by atoms with van der Waals surface area (Å²) in [6.45, 7) is 1.63. The fourth-order valence-electron chi connectivity index (χ4n) is 3.50. The predicted molar refractivity (Wildman–Crippen MR) is 93.7 cm³/mol. The third-order valence-corrected chi connectivity index (χ3v) is 4.73. The summed E-state index contributed by atoms with van der Waals surface area (Å²) in [5.41, 5.74) is 3.08. The van der Waals surface area contributed by atoms with Crippen LogP contribution in [0.25, 0.3) is 10.9 Å². The van der Waals surface area contributed by atoms with E-state index in [4.69, 9.17) is 0 Å². The van der Waals surface area contributed by atoms with Gasteiger partial charge in [-0.1, -0.05) is 24.3 Å². The first-order chi connectivity index (χ1) is 11.8. The van der Waals surface area contributed by atoms with Gasteiger partial charge in [0.1, 0.15) is 0 Å². The number of rotatable bonds is 3. The van der Waals surface area contributed by atoms with Crippen molar-refractivity contribution in [2.24, 2.45) is 5.92 Å². The van der Waals surface area contributed by atoms with Crippen molar-refractivity contribution in [3.8, 4) is 0 Å². The van der Waals surface area contributed by atoms with Crippen LogP contribution in [0.5, 0.6) is 0 Å². The smallest absolute Gasteiger partial charge is 0.253 e. The minimum Gasteiger partial charge on any atom is -0.338 e. The molecule has 0 bridgehead atoms. The molecule has 1 aromatic carbocycles. The molecule has 24 heavy (non-hydrogen) atoms. The Kier molecular flexibility index (Phi) is 3.95. The number of fused-ring (bicyclic) bond motifs is 1. The van der Waals surface area contributed by atoms with Crippen LogP contribution in [0, 0.1) is 5.92 Å². The average Bonchev–Trinajstić information content (AvgIpc) is 3.11. The maximum atomic E-state index is 12.5. The molecule has 3 heterocycles. The number of aromatic nitrogens is 2. The molecule has 4 heteroatoms. The highest BCUT2D eigenvalue weighted by atomic mass is 16.2. The fraction of sp³-hybridized carbons (Fsp3) is 0.250. The number of benzene rings is 1. The highest BCUT2D eigenvalue weighted by Crippen LogP contribution is 2.25. The van der Waals surface area contributed by atoms with Crippen LogP contribution >= 0.6 is 0 Å². The van der Waals surface area contributed by atoms with E-state index in [1.54, 1.807) is 24.5 Å². The van der Waals surface area contributed by atoms with Gasteiger partial charge in [0.15, 0.2) is 0 Å². The second-order valence-electron chi connectivity index (χ2n) is 6.34. The van der Waals surface area contributed by atoms with Crippen molar-refractivity contribution in [1.29, 1.82) is 0 Å². The standard InChI is InChI=1S/C20H19N3O/c24-20(17-6-10-21-11-7-17)23-12-8-15(14-23)13-18-4-1-3-16-5-2-9-22-19(16)18/h1-7,9-11,15H,8,12-14H2/t15-/m1/s1. The summed E-state index contributed by atoms with van der Waals surface area (Å²) in [7, 11) is 0. The summed E-state index contributed by atoms with van der Waals surface area (Å²) >= 11 is 0. The van der Waals surface area contributed by atoms with Gasteiger partial charge in [0, 0.05) is 42.6 Å². The van der Waals surface area contributed by atoms with Crippen molar-refractivity contribution in [2.75, 3.05) is 13.1 Å². The Morgan fingerprint density at radius 1 is 1.08 bits per heavy atom. The monoisotopic (exact) mass is 317 g/mol. The number of carbonyl (C=O) groups excluding carboxylic acids is 1. The lowest BCUT2D eigenvalue weighted by Gasteiger charge is -2.17. The van der Waals surface area contributed by atoms with Crippen molar-refractivity contribution >= 4 is 16.8 Å². The first-order valence-corrected chi connectivity index (χ1v) is 8.33. The van der Waals surface area contributed by atoms with Gasteiger partial charge in [0.2, 0.25) is 0 Å². The van der Waals surface area contributed by atoms with Crippen LogP contribution in [0.2, 0.25) is 0 Å². The van der Waals surface area contributed by atoms with E-state index in [0.717, 1.165) is 37.0 Å². The second kappa shape index (κ2) is 6.40. The number of para-hydroxylation sites is 1. The molecule has 0 aliphatic carbocycles. The van der Waals surface area contributed by atoms with Gasteiger partial charge >= 0.3 is 0 Å². The van der Waals surface area contributed by atoms with Crippen molar-refractivity contribution in [3.63, 3.8) is 0 Å². The van der Waals surface area contributed by atoms with Crippen LogP contribution in [0.4, 0.5) is 0 Å².